The van der Waals surface area contributed by atoms with E-state index in [1.165, 1.54) is 12.3 Å². The van der Waals surface area contributed by atoms with Crippen molar-refractivity contribution in [3.8, 4) is 0 Å². The number of pyridine rings is 1. The summed E-state index contributed by atoms with van der Waals surface area (Å²) in [5.74, 6) is -0.351. The van der Waals surface area contributed by atoms with Gasteiger partial charge < -0.3 is 9.47 Å². The number of carbonyl (C=O) groups is 2. The Labute approximate surface area is 197 Å². The van der Waals surface area contributed by atoms with Crippen molar-refractivity contribution in [3.63, 3.8) is 0 Å². The molecule has 4 rings (SSSR count). The average Bonchev–Trinajstić information content (AvgIpc) is 3.09. The van der Waals surface area contributed by atoms with Crippen molar-refractivity contribution in [2.45, 2.75) is 58.8 Å². The van der Waals surface area contributed by atoms with Gasteiger partial charge in [0.05, 0.1) is 21.9 Å². The minimum atomic E-state index is -0.697. The number of aryl methyl sites for hydroxylation is 1. The Morgan fingerprint density at radius 2 is 2.06 bits per heavy atom. The highest BCUT2D eigenvalue weighted by molar-refractivity contribution is 6.31. The van der Waals surface area contributed by atoms with E-state index in [4.69, 9.17) is 21.1 Å². The molecule has 3 heterocycles. The number of halogens is 1. The largest absolute Gasteiger partial charge is 0.444 e. The summed E-state index contributed by atoms with van der Waals surface area (Å²) in [7, 11) is 0. The number of benzene rings is 1. The van der Waals surface area contributed by atoms with Gasteiger partial charge in [0, 0.05) is 23.8 Å². The molecule has 8 nitrogen and oxygen atoms in total. The number of hydrogen-bond donors (Lipinski definition) is 1. The normalized spacial score (nSPS) is 16.6. The lowest BCUT2D eigenvalue weighted by Crippen LogP contribution is -2.28. The topological polar surface area (TPSA) is 95.3 Å². The quantitative estimate of drug-likeness (QED) is 0.493. The number of anilines is 1. The molecule has 3 aromatic rings. The van der Waals surface area contributed by atoms with E-state index in [0.29, 0.717) is 12.2 Å². The van der Waals surface area contributed by atoms with Crippen LogP contribution in [0, 0.1) is 6.92 Å². The minimum absolute atomic E-state index is 0.0684. The van der Waals surface area contributed by atoms with Gasteiger partial charge in [0.25, 0.3) is 0 Å². The number of ether oxygens (including phenoxy) is 2. The molecular formula is C24H27ClN4O4. The first-order valence-corrected chi connectivity index (χ1v) is 11.3. The predicted octanol–water partition coefficient (Wildman–Crippen LogP) is 5.67. The van der Waals surface area contributed by atoms with Crippen molar-refractivity contribution in [1.82, 2.24) is 14.8 Å². The number of nitrogens with one attached hydrogen (secondary N) is 1. The molecule has 174 valence electrons. The number of hydrogen-bond acceptors (Lipinski definition) is 6. The van der Waals surface area contributed by atoms with Gasteiger partial charge in [0.2, 0.25) is 5.78 Å². The van der Waals surface area contributed by atoms with Gasteiger partial charge in [-0.15, -0.1) is 0 Å². The number of rotatable bonds is 4. The SMILES string of the molecule is Cc1nn(C2CCCCO2)c2cccc(C(=O)c3ncc(Cl)cc3NC(=O)OC(C)(C)C)c12. The van der Waals surface area contributed by atoms with Crippen LogP contribution in [-0.4, -0.2) is 38.8 Å². The molecule has 0 bridgehead atoms. The van der Waals surface area contributed by atoms with Gasteiger partial charge in [-0.2, -0.15) is 5.10 Å². The fourth-order valence-corrected chi connectivity index (χ4v) is 4.12. The average molecular weight is 471 g/mol. The van der Waals surface area contributed by atoms with Crippen LogP contribution in [0.25, 0.3) is 10.9 Å². The van der Waals surface area contributed by atoms with Crippen LogP contribution in [0.4, 0.5) is 10.5 Å². The summed E-state index contributed by atoms with van der Waals surface area (Å²) < 4.78 is 13.1. The maximum atomic E-state index is 13.6. The summed E-state index contributed by atoms with van der Waals surface area (Å²) in [6.07, 6.45) is 3.50. The molecule has 2 aromatic heterocycles. The van der Waals surface area contributed by atoms with Crippen molar-refractivity contribution in [2.24, 2.45) is 0 Å². The third-order valence-corrected chi connectivity index (χ3v) is 5.49. The second-order valence-electron chi connectivity index (χ2n) is 9.06. The minimum Gasteiger partial charge on any atom is -0.444 e. The molecule has 1 unspecified atom stereocenters. The van der Waals surface area contributed by atoms with Gasteiger partial charge in [-0.25, -0.2) is 14.5 Å². The van der Waals surface area contributed by atoms with E-state index in [1.54, 1.807) is 26.8 Å². The van der Waals surface area contributed by atoms with Gasteiger partial charge in [-0.3, -0.25) is 10.1 Å². The van der Waals surface area contributed by atoms with E-state index in [9.17, 15) is 9.59 Å². The van der Waals surface area contributed by atoms with E-state index in [2.05, 4.69) is 15.4 Å². The third kappa shape index (κ3) is 5.02. The van der Waals surface area contributed by atoms with Gasteiger partial charge in [0.15, 0.2) is 6.23 Å². The van der Waals surface area contributed by atoms with Crippen molar-refractivity contribution < 1.29 is 19.1 Å². The van der Waals surface area contributed by atoms with Crippen LogP contribution in [0.15, 0.2) is 30.5 Å². The highest BCUT2D eigenvalue weighted by atomic mass is 35.5. The Bertz CT molecular complexity index is 1210. The molecule has 1 atom stereocenters. The number of amides is 1. The molecule has 1 aliphatic heterocycles. The van der Waals surface area contributed by atoms with E-state index in [1.807, 2.05) is 23.7 Å². The molecule has 0 aliphatic carbocycles. The highest BCUT2D eigenvalue weighted by Crippen LogP contribution is 2.31. The van der Waals surface area contributed by atoms with E-state index in [0.717, 1.165) is 35.9 Å². The number of carbonyl (C=O) groups excluding carboxylic acids is 2. The summed E-state index contributed by atoms with van der Waals surface area (Å²) in [6, 6.07) is 6.96. The molecule has 1 aliphatic rings. The van der Waals surface area contributed by atoms with Crippen molar-refractivity contribution >= 4 is 40.1 Å². The summed E-state index contributed by atoms with van der Waals surface area (Å²) in [4.78, 5) is 30.2. The zero-order valence-corrected chi connectivity index (χ0v) is 19.9. The second-order valence-corrected chi connectivity index (χ2v) is 9.49. The number of fused-ring (bicyclic) bond motifs is 1. The molecule has 9 heteroatoms. The smallest absolute Gasteiger partial charge is 0.412 e. The first-order valence-electron chi connectivity index (χ1n) is 10.9. The molecule has 1 amide bonds. The lowest BCUT2D eigenvalue weighted by Gasteiger charge is -2.23. The third-order valence-electron chi connectivity index (χ3n) is 5.29. The zero-order chi connectivity index (χ0) is 23.8. The van der Waals surface area contributed by atoms with Crippen molar-refractivity contribution in [3.05, 3.63) is 52.4 Å². The Balaban J connectivity index is 1.73. The molecule has 0 saturated carbocycles. The maximum absolute atomic E-state index is 13.6. The van der Waals surface area contributed by atoms with Crippen LogP contribution < -0.4 is 5.32 Å². The summed E-state index contributed by atoms with van der Waals surface area (Å²) in [5, 5.41) is 8.31. The number of nitrogens with zero attached hydrogens (tertiary/aromatic N) is 3. The second kappa shape index (κ2) is 9.11. The summed E-state index contributed by atoms with van der Waals surface area (Å²) >= 11 is 6.10. The molecule has 0 radical (unpaired) electrons. The van der Waals surface area contributed by atoms with Crippen molar-refractivity contribution in [2.75, 3.05) is 11.9 Å². The fraction of sp³-hybridized carbons (Fsp3) is 0.417. The van der Waals surface area contributed by atoms with Crippen LogP contribution in [-0.2, 0) is 9.47 Å². The fourth-order valence-electron chi connectivity index (χ4n) is 3.96. The van der Waals surface area contributed by atoms with Gasteiger partial charge in [0.1, 0.15) is 11.3 Å². The Morgan fingerprint density at radius 1 is 1.27 bits per heavy atom. The summed E-state index contributed by atoms with van der Waals surface area (Å²) in [5.41, 5.74) is 1.53. The first-order chi connectivity index (χ1) is 15.6. The molecule has 0 spiro atoms. The van der Waals surface area contributed by atoms with Crippen LogP contribution in [0.3, 0.4) is 0 Å². The number of ketones is 1. The van der Waals surface area contributed by atoms with E-state index in [-0.39, 0.29) is 28.4 Å². The first kappa shape index (κ1) is 23.2. The van der Waals surface area contributed by atoms with Gasteiger partial charge in [-0.05, 0) is 59.1 Å². The maximum Gasteiger partial charge on any atom is 0.412 e. The van der Waals surface area contributed by atoms with Crippen LogP contribution in [0.5, 0.6) is 0 Å². The van der Waals surface area contributed by atoms with Crippen LogP contribution in [0.1, 0.15) is 68.0 Å². The number of aromatic nitrogens is 3. The summed E-state index contributed by atoms with van der Waals surface area (Å²) in [6.45, 7) is 7.83. The van der Waals surface area contributed by atoms with E-state index >= 15 is 0 Å². The lowest BCUT2D eigenvalue weighted by atomic mass is 10.0. The van der Waals surface area contributed by atoms with Crippen LogP contribution >= 0.6 is 11.6 Å². The monoisotopic (exact) mass is 470 g/mol. The molecule has 1 N–H and O–H groups in total. The van der Waals surface area contributed by atoms with Gasteiger partial charge in [-0.1, -0.05) is 23.7 Å². The van der Waals surface area contributed by atoms with E-state index < -0.39 is 11.7 Å². The van der Waals surface area contributed by atoms with Crippen molar-refractivity contribution in [1.29, 1.82) is 0 Å². The van der Waals surface area contributed by atoms with Gasteiger partial charge >= 0.3 is 6.09 Å². The molecule has 1 saturated heterocycles. The molecule has 33 heavy (non-hydrogen) atoms. The Morgan fingerprint density at radius 3 is 2.76 bits per heavy atom. The highest BCUT2D eigenvalue weighted by Gasteiger charge is 2.26. The lowest BCUT2D eigenvalue weighted by molar-refractivity contribution is -0.0368. The Kier molecular flexibility index (Phi) is 6.41. The molecule has 1 aromatic carbocycles. The molecular weight excluding hydrogens is 444 g/mol. The Hall–Kier alpha value is -2.97. The molecule has 1 fully saturated rings. The van der Waals surface area contributed by atoms with Crippen LogP contribution in [0.2, 0.25) is 5.02 Å². The zero-order valence-electron chi connectivity index (χ0n) is 19.1. The predicted molar refractivity (Wildman–Crippen MR) is 126 cm³/mol. The standard InChI is InChI=1S/C24H27ClN4O4/c1-14-20-16(8-7-9-18(20)29(28-14)19-10-5-6-11-32-19)22(30)21-17(12-15(25)13-26-21)27-23(31)33-24(2,3)4/h7-9,12-13,19H,5-6,10-11H2,1-4H3,(H,27,31).